The van der Waals surface area contributed by atoms with Gasteiger partial charge >= 0.3 is 0 Å². The fraction of sp³-hybridized carbons (Fsp3) is 0.692. The Morgan fingerprint density at radius 3 is 2.62 bits per heavy atom. The van der Waals surface area contributed by atoms with Crippen LogP contribution in [0.15, 0.2) is 9.85 Å². The fourth-order valence-electron chi connectivity index (χ4n) is 1.75. The van der Waals surface area contributed by atoms with Gasteiger partial charge in [0.25, 0.3) is 0 Å². The van der Waals surface area contributed by atoms with Crippen LogP contribution in [0, 0.1) is 12.3 Å². The normalized spacial score (nSPS) is 12.1. The molecule has 1 nitrogen and oxygen atoms in total. The van der Waals surface area contributed by atoms with E-state index in [1.807, 2.05) is 11.3 Å². The van der Waals surface area contributed by atoms with Crippen molar-refractivity contribution >= 4 is 27.3 Å². The van der Waals surface area contributed by atoms with Crippen LogP contribution >= 0.6 is 27.3 Å². The van der Waals surface area contributed by atoms with Crippen molar-refractivity contribution in [3.05, 3.63) is 20.3 Å². The van der Waals surface area contributed by atoms with Gasteiger partial charge in [-0.05, 0) is 59.3 Å². The minimum atomic E-state index is 0.386. The van der Waals surface area contributed by atoms with Gasteiger partial charge in [0, 0.05) is 11.4 Å². The lowest BCUT2D eigenvalue weighted by atomic mass is 9.86. The van der Waals surface area contributed by atoms with E-state index in [9.17, 15) is 0 Å². The van der Waals surface area contributed by atoms with Crippen LogP contribution in [0.3, 0.4) is 0 Å². The maximum atomic E-state index is 3.55. The lowest BCUT2D eigenvalue weighted by Gasteiger charge is -2.24. The Balaban J connectivity index is 2.47. The molecule has 1 N–H and O–H groups in total. The van der Waals surface area contributed by atoms with Gasteiger partial charge in [-0.25, -0.2) is 0 Å². The van der Waals surface area contributed by atoms with Crippen molar-refractivity contribution in [2.75, 3.05) is 13.1 Å². The van der Waals surface area contributed by atoms with Crippen molar-refractivity contribution in [3.8, 4) is 0 Å². The quantitative estimate of drug-likeness (QED) is 0.822. The first kappa shape index (κ1) is 14.2. The molecule has 0 spiro atoms. The van der Waals surface area contributed by atoms with Gasteiger partial charge in [0.1, 0.15) is 0 Å². The van der Waals surface area contributed by atoms with Crippen LogP contribution < -0.4 is 5.32 Å². The highest BCUT2D eigenvalue weighted by atomic mass is 79.9. The third kappa shape index (κ3) is 4.56. The molecule has 0 radical (unpaired) electrons. The Kier molecular flexibility index (Phi) is 5.48. The Bertz CT molecular complexity index is 331. The molecule has 0 aliphatic heterocycles. The van der Waals surface area contributed by atoms with Crippen LogP contribution in [-0.4, -0.2) is 13.1 Å². The molecule has 0 aliphatic carbocycles. The number of nitrogens with one attached hydrogen (secondary N) is 1. The highest BCUT2D eigenvalue weighted by Crippen LogP contribution is 2.30. The summed E-state index contributed by atoms with van der Waals surface area (Å²) in [5.74, 6) is 0. The largest absolute Gasteiger partial charge is 0.316 e. The number of hydrogen-bond acceptors (Lipinski definition) is 2. The molecule has 1 aromatic heterocycles. The number of thiophene rings is 1. The van der Waals surface area contributed by atoms with Crippen molar-refractivity contribution < 1.29 is 0 Å². The second-order valence-corrected chi connectivity index (χ2v) is 7.71. The summed E-state index contributed by atoms with van der Waals surface area (Å²) in [6.45, 7) is 11.2. The molecule has 0 aliphatic rings. The van der Waals surface area contributed by atoms with Crippen LogP contribution in [0.4, 0.5) is 0 Å². The van der Waals surface area contributed by atoms with Gasteiger partial charge in [0.05, 0.1) is 3.79 Å². The lowest BCUT2D eigenvalue weighted by molar-refractivity contribution is 0.318. The van der Waals surface area contributed by atoms with Crippen LogP contribution in [0.1, 0.15) is 37.6 Å². The van der Waals surface area contributed by atoms with Gasteiger partial charge in [-0.3, -0.25) is 0 Å². The van der Waals surface area contributed by atoms with Crippen molar-refractivity contribution in [2.24, 2.45) is 5.41 Å². The maximum absolute atomic E-state index is 3.55. The predicted molar refractivity (Wildman–Crippen MR) is 77.4 cm³/mol. The summed E-state index contributed by atoms with van der Waals surface area (Å²) in [5, 5.41) is 3.44. The summed E-state index contributed by atoms with van der Waals surface area (Å²) in [6, 6.07) is 2.27. The summed E-state index contributed by atoms with van der Waals surface area (Å²) in [6.07, 6.45) is 2.43. The van der Waals surface area contributed by atoms with E-state index in [1.54, 1.807) is 0 Å². The van der Waals surface area contributed by atoms with E-state index in [0.717, 1.165) is 13.1 Å². The van der Waals surface area contributed by atoms with E-state index in [0.29, 0.717) is 5.41 Å². The first-order chi connectivity index (χ1) is 7.44. The molecular weight excluding hydrogens is 282 g/mol. The Morgan fingerprint density at radius 1 is 1.44 bits per heavy atom. The first-order valence-electron chi connectivity index (χ1n) is 5.90. The Hall–Kier alpha value is 0.140. The molecule has 0 saturated heterocycles. The smallest absolute Gasteiger partial charge is 0.0704 e. The van der Waals surface area contributed by atoms with E-state index in [-0.39, 0.29) is 0 Å². The molecule has 0 fully saturated rings. The molecule has 0 saturated carbocycles. The third-order valence-electron chi connectivity index (χ3n) is 2.92. The summed E-state index contributed by atoms with van der Waals surface area (Å²) in [7, 11) is 0. The average Bonchev–Trinajstić information content (AvgIpc) is 2.52. The number of rotatable bonds is 6. The monoisotopic (exact) mass is 303 g/mol. The summed E-state index contributed by atoms with van der Waals surface area (Å²) < 4.78 is 1.25. The van der Waals surface area contributed by atoms with Gasteiger partial charge in [-0.15, -0.1) is 11.3 Å². The van der Waals surface area contributed by atoms with Gasteiger partial charge in [-0.1, -0.05) is 20.8 Å². The molecule has 3 heteroatoms. The Morgan fingerprint density at radius 2 is 2.12 bits per heavy atom. The molecular formula is C13H22BrNS. The number of halogens is 1. The van der Waals surface area contributed by atoms with Crippen LogP contribution in [0.25, 0.3) is 0 Å². The second-order valence-electron chi connectivity index (χ2n) is 5.08. The maximum Gasteiger partial charge on any atom is 0.0704 e. The highest BCUT2D eigenvalue weighted by Gasteiger charge is 2.17. The van der Waals surface area contributed by atoms with Crippen LogP contribution in [0.5, 0.6) is 0 Å². The first-order valence-corrected chi connectivity index (χ1v) is 7.51. The van der Waals surface area contributed by atoms with E-state index in [1.165, 1.54) is 27.1 Å². The zero-order chi connectivity index (χ0) is 12.2. The molecule has 0 unspecified atom stereocenters. The molecule has 1 aromatic rings. The van der Waals surface area contributed by atoms with Gasteiger partial charge in [0.2, 0.25) is 0 Å². The van der Waals surface area contributed by atoms with Crippen LogP contribution in [-0.2, 0) is 6.42 Å². The van der Waals surface area contributed by atoms with E-state index >= 15 is 0 Å². The average molecular weight is 304 g/mol. The topological polar surface area (TPSA) is 12.0 Å². The van der Waals surface area contributed by atoms with Crippen LogP contribution in [0.2, 0.25) is 0 Å². The summed E-state index contributed by atoms with van der Waals surface area (Å²) in [5.41, 5.74) is 1.89. The zero-order valence-corrected chi connectivity index (χ0v) is 13.1. The summed E-state index contributed by atoms with van der Waals surface area (Å²) in [4.78, 5) is 1.45. The van der Waals surface area contributed by atoms with E-state index < -0.39 is 0 Å². The molecule has 0 bridgehead atoms. The Labute approximate surface area is 112 Å². The molecule has 1 heterocycles. The fourth-order valence-corrected chi connectivity index (χ4v) is 3.54. The SMILES string of the molecule is CCNCC(C)(C)CCc1cc(Br)sc1C. The zero-order valence-electron chi connectivity index (χ0n) is 10.7. The molecule has 1 rings (SSSR count). The van der Waals surface area contributed by atoms with Crippen molar-refractivity contribution in [1.82, 2.24) is 5.32 Å². The molecule has 0 amide bonds. The lowest BCUT2D eigenvalue weighted by Crippen LogP contribution is -2.29. The minimum absolute atomic E-state index is 0.386. The number of hydrogen-bond donors (Lipinski definition) is 1. The minimum Gasteiger partial charge on any atom is -0.316 e. The highest BCUT2D eigenvalue weighted by molar-refractivity contribution is 9.11. The van der Waals surface area contributed by atoms with E-state index in [2.05, 4.69) is 55.0 Å². The van der Waals surface area contributed by atoms with Gasteiger partial charge < -0.3 is 5.32 Å². The van der Waals surface area contributed by atoms with Crippen molar-refractivity contribution in [2.45, 2.75) is 40.5 Å². The molecule has 0 atom stereocenters. The van der Waals surface area contributed by atoms with Gasteiger partial charge in [-0.2, -0.15) is 0 Å². The molecule has 0 aromatic carbocycles. The number of aryl methyl sites for hydroxylation is 2. The summed E-state index contributed by atoms with van der Waals surface area (Å²) >= 11 is 5.39. The second kappa shape index (κ2) is 6.18. The standard InChI is InChI=1S/C13H22BrNS/c1-5-15-9-13(3,4)7-6-11-8-12(14)16-10(11)2/h8,15H,5-7,9H2,1-4H3. The molecule has 92 valence electrons. The van der Waals surface area contributed by atoms with Gasteiger partial charge in [0.15, 0.2) is 0 Å². The predicted octanol–water partition coefficient (Wildman–Crippen LogP) is 4.39. The molecule has 16 heavy (non-hydrogen) atoms. The van der Waals surface area contributed by atoms with E-state index in [4.69, 9.17) is 0 Å². The van der Waals surface area contributed by atoms with Crippen molar-refractivity contribution in [1.29, 1.82) is 0 Å². The third-order valence-corrected chi connectivity index (χ3v) is 4.51. The van der Waals surface area contributed by atoms with Crippen molar-refractivity contribution in [3.63, 3.8) is 0 Å².